The lowest BCUT2D eigenvalue weighted by Gasteiger charge is -2.25. The molecule has 0 spiro atoms. The highest BCUT2D eigenvalue weighted by molar-refractivity contribution is 9.10. The van der Waals surface area contributed by atoms with Crippen LogP contribution >= 0.6 is 15.9 Å². The van der Waals surface area contributed by atoms with Crippen LogP contribution in [-0.4, -0.2) is 27.9 Å². The molecule has 3 aliphatic rings. The molecule has 24 heavy (non-hydrogen) atoms. The Labute approximate surface area is 145 Å². The molecule has 3 aliphatic heterocycles. The summed E-state index contributed by atoms with van der Waals surface area (Å²) in [5, 5.41) is 10.9. The molecule has 1 aromatic rings. The van der Waals surface area contributed by atoms with E-state index >= 15 is 0 Å². The third-order valence-corrected chi connectivity index (χ3v) is 5.74. The summed E-state index contributed by atoms with van der Waals surface area (Å²) in [4.78, 5) is 37.3. The predicted molar refractivity (Wildman–Crippen MR) is 87.3 cm³/mol. The molecule has 124 valence electrons. The molecule has 4 atom stereocenters. The van der Waals surface area contributed by atoms with Gasteiger partial charge in [0, 0.05) is 16.6 Å². The van der Waals surface area contributed by atoms with Crippen molar-refractivity contribution in [1.29, 1.82) is 0 Å². The van der Waals surface area contributed by atoms with E-state index in [4.69, 9.17) is 4.74 Å². The third-order valence-electron chi connectivity index (χ3n) is 5.11. The Hall–Kier alpha value is -2.06. The van der Waals surface area contributed by atoms with Crippen LogP contribution in [-0.2, 0) is 14.3 Å². The molecule has 2 bridgehead atoms. The van der Waals surface area contributed by atoms with Gasteiger partial charge in [-0.25, -0.2) is 4.90 Å². The maximum atomic E-state index is 12.9. The lowest BCUT2D eigenvalue weighted by Crippen LogP contribution is -2.39. The van der Waals surface area contributed by atoms with Gasteiger partial charge in [0.05, 0.1) is 33.6 Å². The van der Waals surface area contributed by atoms with Gasteiger partial charge in [-0.3, -0.25) is 19.7 Å². The number of fused-ring (bicyclic) bond motifs is 5. The summed E-state index contributed by atoms with van der Waals surface area (Å²) in [6.45, 7) is 3.61. The van der Waals surface area contributed by atoms with Gasteiger partial charge < -0.3 is 4.74 Å². The van der Waals surface area contributed by atoms with Crippen molar-refractivity contribution in [1.82, 2.24) is 0 Å². The number of imide groups is 1. The first-order chi connectivity index (χ1) is 11.2. The van der Waals surface area contributed by atoms with Gasteiger partial charge >= 0.3 is 0 Å². The van der Waals surface area contributed by atoms with E-state index in [1.165, 1.54) is 18.2 Å². The van der Waals surface area contributed by atoms with Crippen LogP contribution in [0.4, 0.5) is 11.4 Å². The number of nitro groups is 1. The molecule has 0 aromatic heterocycles. The van der Waals surface area contributed by atoms with E-state index in [2.05, 4.69) is 15.9 Å². The number of carbonyl (C=O) groups excluding carboxylic acids is 2. The number of nitro benzene ring substituents is 1. The Balaban J connectivity index is 1.79. The average molecular weight is 393 g/mol. The zero-order valence-electron chi connectivity index (χ0n) is 12.9. The summed E-state index contributed by atoms with van der Waals surface area (Å²) in [6, 6.07) is 3.98. The van der Waals surface area contributed by atoms with Crippen LogP contribution in [0.1, 0.15) is 13.8 Å². The Morgan fingerprint density at radius 1 is 1.17 bits per heavy atom. The summed E-state index contributed by atoms with van der Waals surface area (Å²) in [5.41, 5.74) is -1.40. The second-order valence-electron chi connectivity index (χ2n) is 6.66. The normalized spacial score (nSPS) is 36.5. The summed E-state index contributed by atoms with van der Waals surface area (Å²) in [5.74, 6) is -1.84. The number of hydrogen-bond acceptors (Lipinski definition) is 5. The van der Waals surface area contributed by atoms with E-state index < -0.39 is 28.0 Å². The van der Waals surface area contributed by atoms with E-state index in [0.717, 1.165) is 4.90 Å². The van der Waals surface area contributed by atoms with Gasteiger partial charge in [0.2, 0.25) is 11.8 Å². The number of halogens is 1. The Morgan fingerprint density at radius 2 is 1.71 bits per heavy atom. The van der Waals surface area contributed by atoms with Crippen molar-refractivity contribution < 1.29 is 19.2 Å². The summed E-state index contributed by atoms with van der Waals surface area (Å²) in [6.07, 6.45) is 3.68. The first-order valence-corrected chi connectivity index (χ1v) is 8.19. The van der Waals surface area contributed by atoms with Crippen LogP contribution in [0.3, 0.4) is 0 Å². The molecule has 0 aliphatic carbocycles. The second kappa shape index (κ2) is 4.52. The fourth-order valence-corrected chi connectivity index (χ4v) is 4.60. The minimum Gasteiger partial charge on any atom is -0.359 e. The number of anilines is 1. The van der Waals surface area contributed by atoms with Gasteiger partial charge in [-0.1, -0.05) is 12.2 Å². The summed E-state index contributed by atoms with van der Waals surface area (Å²) >= 11 is 3.24. The Kier molecular flexibility index (Phi) is 2.91. The maximum Gasteiger partial charge on any atom is 0.270 e. The van der Waals surface area contributed by atoms with Crippen LogP contribution < -0.4 is 4.90 Å². The quantitative estimate of drug-likeness (QED) is 0.334. The highest BCUT2D eigenvalue weighted by Crippen LogP contribution is 2.57. The van der Waals surface area contributed by atoms with Crippen molar-refractivity contribution in [2.75, 3.05) is 4.90 Å². The van der Waals surface area contributed by atoms with Crippen molar-refractivity contribution >= 4 is 39.1 Å². The van der Waals surface area contributed by atoms with E-state index in [1.54, 1.807) is 13.8 Å². The number of benzene rings is 1. The Morgan fingerprint density at radius 3 is 2.17 bits per heavy atom. The van der Waals surface area contributed by atoms with Gasteiger partial charge in [-0.05, 0) is 35.8 Å². The molecule has 0 unspecified atom stereocenters. The number of nitrogens with zero attached hydrogens (tertiary/aromatic N) is 2. The van der Waals surface area contributed by atoms with Crippen LogP contribution in [0.2, 0.25) is 0 Å². The molecule has 7 nitrogen and oxygen atoms in total. The van der Waals surface area contributed by atoms with Crippen molar-refractivity contribution in [3.05, 3.63) is 44.9 Å². The first-order valence-electron chi connectivity index (χ1n) is 7.40. The molecule has 2 fully saturated rings. The van der Waals surface area contributed by atoms with E-state index in [9.17, 15) is 19.7 Å². The van der Waals surface area contributed by atoms with Crippen molar-refractivity contribution in [3.8, 4) is 0 Å². The lowest BCUT2D eigenvalue weighted by molar-refractivity contribution is -0.384. The lowest BCUT2D eigenvalue weighted by atomic mass is 9.73. The van der Waals surface area contributed by atoms with Gasteiger partial charge in [0.1, 0.15) is 0 Å². The Bertz CT molecular complexity index is 817. The largest absolute Gasteiger partial charge is 0.359 e. The number of non-ortho nitro benzene ring substituents is 1. The number of ether oxygens (including phenoxy) is 1. The molecule has 2 saturated heterocycles. The minimum absolute atomic E-state index is 0.117. The number of hydrogen-bond donors (Lipinski definition) is 0. The van der Waals surface area contributed by atoms with Crippen molar-refractivity contribution in [3.63, 3.8) is 0 Å². The topological polar surface area (TPSA) is 89.8 Å². The first kappa shape index (κ1) is 15.5. The van der Waals surface area contributed by atoms with Gasteiger partial charge in [-0.15, -0.1) is 0 Å². The number of rotatable bonds is 2. The zero-order valence-corrected chi connectivity index (χ0v) is 14.4. The van der Waals surface area contributed by atoms with E-state index in [-0.39, 0.29) is 17.5 Å². The standard InChI is InChI=1S/C16H13BrN2O5/c1-15-5-6-16(2,24-15)12-11(15)13(20)18(14(12)21)10-4-3-8(19(22)23)7-9(10)17/h3-7,11-12H,1-2H3/t11-,12-,15-,16+/m1/s1. The van der Waals surface area contributed by atoms with Crippen LogP contribution in [0.5, 0.6) is 0 Å². The van der Waals surface area contributed by atoms with Crippen LogP contribution in [0.15, 0.2) is 34.8 Å². The highest BCUT2D eigenvalue weighted by Gasteiger charge is 2.70. The predicted octanol–water partition coefficient (Wildman–Crippen LogP) is 2.58. The smallest absolute Gasteiger partial charge is 0.270 e. The summed E-state index contributed by atoms with van der Waals surface area (Å²) in [7, 11) is 0. The molecular formula is C16H13BrN2O5. The molecule has 0 radical (unpaired) electrons. The van der Waals surface area contributed by atoms with Crippen molar-refractivity contribution in [2.45, 2.75) is 25.0 Å². The number of carbonyl (C=O) groups is 2. The van der Waals surface area contributed by atoms with Crippen molar-refractivity contribution in [2.24, 2.45) is 11.8 Å². The third kappa shape index (κ3) is 1.75. The highest BCUT2D eigenvalue weighted by atomic mass is 79.9. The molecule has 4 rings (SSSR count). The fraction of sp³-hybridized carbons (Fsp3) is 0.375. The van der Waals surface area contributed by atoms with E-state index in [0.29, 0.717) is 10.2 Å². The monoisotopic (exact) mass is 392 g/mol. The summed E-state index contributed by atoms with van der Waals surface area (Å²) < 4.78 is 6.27. The van der Waals surface area contributed by atoms with Gasteiger partial charge in [-0.2, -0.15) is 0 Å². The fourth-order valence-electron chi connectivity index (χ4n) is 4.06. The molecule has 3 heterocycles. The molecule has 2 amide bonds. The van der Waals surface area contributed by atoms with Gasteiger partial charge in [0.25, 0.3) is 5.69 Å². The SMILES string of the molecule is C[C@]12C=C[C@](C)(O1)[C@H]1C(=O)N(c3ccc([N+](=O)[O-])cc3Br)C(=O)[C@@H]12. The second-order valence-corrected chi connectivity index (χ2v) is 7.52. The maximum absolute atomic E-state index is 12.9. The average Bonchev–Trinajstić information content (AvgIpc) is 3.04. The zero-order chi connectivity index (χ0) is 17.4. The van der Waals surface area contributed by atoms with E-state index in [1.807, 2.05) is 12.2 Å². The molecule has 0 saturated carbocycles. The van der Waals surface area contributed by atoms with Gasteiger partial charge in [0.15, 0.2) is 0 Å². The molecule has 8 heteroatoms. The molecule has 0 N–H and O–H groups in total. The number of amides is 2. The molecular weight excluding hydrogens is 380 g/mol. The molecule has 1 aromatic carbocycles. The van der Waals surface area contributed by atoms with Crippen LogP contribution in [0.25, 0.3) is 0 Å². The van der Waals surface area contributed by atoms with Crippen LogP contribution in [0, 0.1) is 22.0 Å². The minimum atomic E-state index is -0.797.